The van der Waals surface area contributed by atoms with E-state index >= 15 is 0 Å². The van der Waals surface area contributed by atoms with Gasteiger partial charge in [-0.25, -0.2) is 0 Å². The fourth-order valence-corrected chi connectivity index (χ4v) is 5.15. The number of rotatable bonds is 10. The summed E-state index contributed by atoms with van der Waals surface area (Å²) in [7, 11) is 3.94. The fraction of sp³-hybridized carbons (Fsp3) is 0.630. The van der Waals surface area contributed by atoms with Gasteiger partial charge in [0.1, 0.15) is 6.10 Å². The Morgan fingerprint density at radius 3 is 2.69 bits per heavy atom. The molecule has 1 aromatic heterocycles. The largest absolute Gasteiger partial charge is 0.369 e. The molecular weight excluding hydrogens is 398 g/mol. The fourth-order valence-electron chi connectivity index (χ4n) is 5.15. The van der Waals surface area contributed by atoms with E-state index in [2.05, 4.69) is 58.3 Å². The van der Waals surface area contributed by atoms with Gasteiger partial charge in [0.05, 0.1) is 11.8 Å². The number of ether oxygens (including phenoxy) is 1. The number of aromatic nitrogens is 2. The highest BCUT2D eigenvalue weighted by Crippen LogP contribution is 2.47. The topological polar surface area (TPSA) is 56.2 Å². The number of hydrogen-bond donors (Lipinski definition) is 1. The van der Waals surface area contributed by atoms with Gasteiger partial charge in [0.15, 0.2) is 5.78 Å². The lowest BCUT2D eigenvalue weighted by atomic mass is 9.66. The Hall–Kier alpha value is -1.98. The van der Waals surface area contributed by atoms with Gasteiger partial charge >= 0.3 is 0 Å². The smallest absolute Gasteiger partial charge is 0.163 e. The van der Waals surface area contributed by atoms with Crippen LogP contribution < -0.4 is 5.32 Å². The summed E-state index contributed by atoms with van der Waals surface area (Å²) in [5.74, 6) is 0.838. The van der Waals surface area contributed by atoms with Crippen molar-refractivity contribution < 1.29 is 9.53 Å². The molecule has 1 aliphatic carbocycles. The highest BCUT2D eigenvalue weighted by atomic mass is 16.5. The van der Waals surface area contributed by atoms with E-state index in [0.717, 1.165) is 43.5 Å². The van der Waals surface area contributed by atoms with Crippen LogP contribution in [0.2, 0.25) is 0 Å². The number of carbonyl (C=O) groups is 1. The van der Waals surface area contributed by atoms with E-state index in [0.29, 0.717) is 12.3 Å². The monoisotopic (exact) mass is 439 g/mol. The van der Waals surface area contributed by atoms with Crippen LogP contribution in [0.4, 0.5) is 0 Å². The Labute approximate surface area is 193 Å². The molecule has 5 heteroatoms. The van der Waals surface area contributed by atoms with Crippen molar-refractivity contribution in [2.45, 2.75) is 78.9 Å². The van der Waals surface area contributed by atoms with Gasteiger partial charge in [0, 0.05) is 25.2 Å². The lowest BCUT2D eigenvalue weighted by molar-refractivity contribution is -0.0354. The summed E-state index contributed by atoms with van der Waals surface area (Å²) in [5, 5.41) is 8.00. The van der Waals surface area contributed by atoms with Crippen molar-refractivity contribution in [1.82, 2.24) is 15.1 Å². The van der Waals surface area contributed by atoms with E-state index in [1.807, 2.05) is 24.8 Å². The Morgan fingerprint density at radius 2 is 2.06 bits per heavy atom. The minimum absolute atomic E-state index is 0.0697. The standard InChI is InChI=1S/C27H41N3O2/c1-18(2)12-21-8-9-22(13-20(21)5)24(31)15-27(10-11-28-6)14-23-17-30(7)29-26(23)25(16-27)32-19(3)4/h8-9,13,17-19,25,28H,10-12,14-16H2,1-7H3. The van der Waals surface area contributed by atoms with E-state index in [1.165, 1.54) is 16.7 Å². The van der Waals surface area contributed by atoms with Crippen molar-refractivity contribution >= 4 is 5.78 Å². The summed E-state index contributed by atoms with van der Waals surface area (Å²) >= 11 is 0. The zero-order valence-corrected chi connectivity index (χ0v) is 21.0. The molecule has 0 bridgehead atoms. The van der Waals surface area contributed by atoms with E-state index in [1.54, 1.807) is 0 Å². The zero-order valence-electron chi connectivity index (χ0n) is 21.0. The first-order chi connectivity index (χ1) is 15.1. The Morgan fingerprint density at radius 1 is 1.31 bits per heavy atom. The van der Waals surface area contributed by atoms with Crippen molar-refractivity contribution in [1.29, 1.82) is 0 Å². The van der Waals surface area contributed by atoms with E-state index in [4.69, 9.17) is 9.84 Å². The molecule has 0 radical (unpaired) electrons. The molecule has 2 unspecified atom stereocenters. The lowest BCUT2D eigenvalue weighted by Gasteiger charge is -2.40. The van der Waals surface area contributed by atoms with Gasteiger partial charge in [-0.3, -0.25) is 9.48 Å². The van der Waals surface area contributed by atoms with Gasteiger partial charge < -0.3 is 10.1 Å². The van der Waals surface area contributed by atoms with Crippen molar-refractivity contribution in [3.63, 3.8) is 0 Å². The lowest BCUT2D eigenvalue weighted by Crippen LogP contribution is -2.37. The molecule has 176 valence electrons. The summed E-state index contributed by atoms with van der Waals surface area (Å²) < 4.78 is 8.20. The number of carbonyl (C=O) groups excluding carboxylic acids is 1. The average molecular weight is 440 g/mol. The van der Waals surface area contributed by atoms with Crippen LogP contribution >= 0.6 is 0 Å². The number of benzene rings is 1. The van der Waals surface area contributed by atoms with E-state index in [9.17, 15) is 4.79 Å². The van der Waals surface area contributed by atoms with Gasteiger partial charge in [-0.1, -0.05) is 26.0 Å². The van der Waals surface area contributed by atoms with Crippen LogP contribution in [0.5, 0.6) is 0 Å². The number of nitrogens with zero attached hydrogens (tertiary/aromatic N) is 2. The van der Waals surface area contributed by atoms with Crippen molar-refractivity contribution in [2.24, 2.45) is 18.4 Å². The molecule has 0 aliphatic heterocycles. The number of Topliss-reactive ketones (excluding diaryl/α,β-unsaturated/α-hetero) is 1. The highest BCUT2D eigenvalue weighted by Gasteiger charge is 2.42. The minimum atomic E-state index is -0.139. The summed E-state index contributed by atoms with van der Waals surface area (Å²) in [6.07, 6.45) is 6.36. The number of hydrogen-bond acceptors (Lipinski definition) is 4. The maximum atomic E-state index is 13.5. The quantitative estimate of drug-likeness (QED) is 0.517. The summed E-state index contributed by atoms with van der Waals surface area (Å²) in [4.78, 5) is 13.5. The molecule has 0 fully saturated rings. The predicted octanol–water partition coefficient (Wildman–Crippen LogP) is 5.21. The van der Waals surface area contributed by atoms with Gasteiger partial charge in [-0.2, -0.15) is 5.10 Å². The summed E-state index contributed by atoms with van der Waals surface area (Å²) in [5.41, 5.74) is 5.51. The Bertz CT molecular complexity index is 931. The van der Waals surface area contributed by atoms with Crippen LogP contribution in [0.1, 0.15) is 85.8 Å². The van der Waals surface area contributed by atoms with Crippen molar-refractivity contribution in [3.8, 4) is 0 Å². The maximum absolute atomic E-state index is 13.5. The van der Waals surface area contributed by atoms with Crippen molar-refractivity contribution in [2.75, 3.05) is 13.6 Å². The third-order valence-corrected chi connectivity index (χ3v) is 6.60. The normalized spacial score (nSPS) is 20.7. The molecule has 1 aromatic carbocycles. The number of fused-ring (bicyclic) bond motifs is 1. The molecule has 1 N–H and O–H groups in total. The van der Waals surface area contributed by atoms with Crippen LogP contribution in [-0.2, 0) is 24.6 Å². The second kappa shape index (κ2) is 10.3. The van der Waals surface area contributed by atoms with E-state index in [-0.39, 0.29) is 23.4 Å². The van der Waals surface area contributed by atoms with Crippen molar-refractivity contribution in [3.05, 3.63) is 52.3 Å². The van der Waals surface area contributed by atoms with Crippen LogP contribution in [0.25, 0.3) is 0 Å². The molecule has 0 spiro atoms. The summed E-state index contributed by atoms with van der Waals surface area (Å²) in [6.45, 7) is 11.6. The van der Waals surface area contributed by atoms with Gasteiger partial charge in [0.2, 0.25) is 0 Å². The maximum Gasteiger partial charge on any atom is 0.163 e. The number of ketones is 1. The predicted molar refractivity (Wildman–Crippen MR) is 130 cm³/mol. The second-order valence-corrected chi connectivity index (χ2v) is 10.5. The number of nitrogens with one attached hydrogen (secondary N) is 1. The summed E-state index contributed by atoms with van der Waals surface area (Å²) in [6, 6.07) is 6.26. The zero-order chi connectivity index (χ0) is 23.5. The SMILES string of the molecule is CNCCC1(CC(=O)c2ccc(CC(C)C)c(C)c2)Cc2cn(C)nc2C(OC(C)C)C1. The molecule has 0 amide bonds. The molecular formula is C27H41N3O2. The first-order valence-electron chi connectivity index (χ1n) is 12.1. The first-order valence-corrected chi connectivity index (χ1v) is 12.1. The third-order valence-electron chi connectivity index (χ3n) is 6.60. The highest BCUT2D eigenvalue weighted by molar-refractivity contribution is 5.96. The third kappa shape index (κ3) is 5.87. The van der Waals surface area contributed by atoms with Crippen LogP contribution in [0.15, 0.2) is 24.4 Å². The average Bonchev–Trinajstić information content (AvgIpc) is 3.07. The van der Waals surface area contributed by atoms with Crippen LogP contribution in [0, 0.1) is 18.3 Å². The molecule has 0 saturated heterocycles. The molecule has 32 heavy (non-hydrogen) atoms. The van der Waals surface area contributed by atoms with Gasteiger partial charge in [-0.05, 0) is 94.1 Å². The molecule has 3 rings (SSSR count). The molecule has 0 saturated carbocycles. The van der Waals surface area contributed by atoms with Gasteiger partial charge in [0.25, 0.3) is 0 Å². The second-order valence-electron chi connectivity index (χ2n) is 10.5. The van der Waals surface area contributed by atoms with Gasteiger partial charge in [-0.15, -0.1) is 0 Å². The van der Waals surface area contributed by atoms with E-state index < -0.39 is 0 Å². The molecule has 1 heterocycles. The Balaban J connectivity index is 1.89. The molecule has 2 atom stereocenters. The first kappa shape index (κ1) is 24.7. The Kier molecular flexibility index (Phi) is 7.94. The number of aryl methyl sites for hydroxylation is 2. The van der Waals surface area contributed by atoms with Crippen LogP contribution in [-0.4, -0.2) is 35.3 Å². The van der Waals surface area contributed by atoms with Crippen LogP contribution in [0.3, 0.4) is 0 Å². The molecule has 1 aliphatic rings. The molecule has 2 aromatic rings. The molecule has 5 nitrogen and oxygen atoms in total. The minimum Gasteiger partial charge on any atom is -0.369 e.